The van der Waals surface area contributed by atoms with E-state index in [1.165, 1.54) is 0 Å². The van der Waals surface area contributed by atoms with Crippen LogP contribution < -0.4 is 0 Å². The van der Waals surface area contributed by atoms with E-state index in [0.29, 0.717) is 13.1 Å². The predicted molar refractivity (Wildman–Crippen MR) is 46.9 cm³/mol. The van der Waals surface area contributed by atoms with Crippen LogP contribution in [0.25, 0.3) is 0 Å². The van der Waals surface area contributed by atoms with Crippen molar-refractivity contribution in [2.24, 2.45) is 0 Å². The highest BCUT2D eigenvalue weighted by atomic mass is 16.3. The van der Waals surface area contributed by atoms with E-state index in [1.807, 2.05) is 18.7 Å². The second-order valence-corrected chi connectivity index (χ2v) is 3.40. The first-order valence-electron chi connectivity index (χ1n) is 4.16. The van der Waals surface area contributed by atoms with E-state index in [9.17, 15) is 0 Å². The van der Waals surface area contributed by atoms with Crippen molar-refractivity contribution in [2.45, 2.75) is 19.4 Å². The third-order valence-corrected chi connectivity index (χ3v) is 1.98. The van der Waals surface area contributed by atoms with Crippen LogP contribution in [0.5, 0.6) is 0 Å². The number of nitrogens with zero attached hydrogens (tertiary/aromatic N) is 1. The lowest BCUT2D eigenvalue weighted by molar-refractivity contribution is 0.0314. The fourth-order valence-corrected chi connectivity index (χ4v) is 1.06. The normalized spacial score (nSPS) is 12.5. The molecule has 0 spiro atoms. The summed E-state index contributed by atoms with van der Waals surface area (Å²) in [6.07, 6.45) is 0. The lowest BCUT2D eigenvalue weighted by Gasteiger charge is -2.36. The lowest BCUT2D eigenvalue weighted by Crippen LogP contribution is -2.49. The zero-order valence-electron chi connectivity index (χ0n) is 7.82. The van der Waals surface area contributed by atoms with E-state index >= 15 is 0 Å². The molecule has 0 bridgehead atoms. The van der Waals surface area contributed by atoms with Crippen molar-refractivity contribution < 1.29 is 15.3 Å². The van der Waals surface area contributed by atoms with Crippen LogP contribution in [0.15, 0.2) is 0 Å². The van der Waals surface area contributed by atoms with Crippen LogP contribution in [-0.4, -0.2) is 58.7 Å². The molecule has 0 aliphatic carbocycles. The molecule has 0 atom stereocenters. The summed E-state index contributed by atoms with van der Waals surface area (Å²) in [4.78, 5) is 1.85. The zero-order valence-corrected chi connectivity index (χ0v) is 7.82. The molecule has 0 fully saturated rings. The molecule has 0 unspecified atom stereocenters. The number of hydrogen-bond acceptors (Lipinski definition) is 4. The van der Waals surface area contributed by atoms with Gasteiger partial charge >= 0.3 is 0 Å². The van der Waals surface area contributed by atoms with Crippen molar-refractivity contribution in [1.82, 2.24) is 4.90 Å². The summed E-state index contributed by atoms with van der Waals surface area (Å²) in [5.74, 6) is 0. The highest BCUT2D eigenvalue weighted by Gasteiger charge is 2.24. The van der Waals surface area contributed by atoms with E-state index < -0.39 is 0 Å². The minimum atomic E-state index is -0.370. The van der Waals surface area contributed by atoms with Crippen molar-refractivity contribution >= 4 is 0 Å². The van der Waals surface area contributed by atoms with Crippen LogP contribution in [-0.2, 0) is 0 Å². The second kappa shape index (κ2) is 5.48. The van der Waals surface area contributed by atoms with Crippen LogP contribution >= 0.6 is 0 Å². The minimum absolute atomic E-state index is 0.0208. The Morgan fingerprint density at radius 3 is 1.67 bits per heavy atom. The Morgan fingerprint density at radius 1 is 1.00 bits per heavy atom. The highest BCUT2D eigenvalue weighted by molar-refractivity contribution is 4.80. The predicted octanol–water partition coefficient (Wildman–Crippen LogP) is -0.956. The van der Waals surface area contributed by atoms with Gasteiger partial charge in [0.15, 0.2) is 0 Å². The van der Waals surface area contributed by atoms with E-state index in [4.69, 9.17) is 15.3 Å². The highest BCUT2D eigenvalue weighted by Crippen LogP contribution is 2.11. The fraction of sp³-hybridized carbons (Fsp3) is 1.00. The topological polar surface area (TPSA) is 63.9 Å². The van der Waals surface area contributed by atoms with Crippen LogP contribution in [0.4, 0.5) is 0 Å². The molecule has 74 valence electrons. The van der Waals surface area contributed by atoms with Crippen molar-refractivity contribution in [3.05, 3.63) is 0 Å². The molecule has 0 amide bonds. The van der Waals surface area contributed by atoms with Gasteiger partial charge in [-0.2, -0.15) is 0 Å². The number of rotatable bonds is 6. The summed E-state index contributed by atoms with van der Waals surface area (Å²) in [5, 5.41) is 26.4. The molecule has 0 aliphatic rings. The molecule has 0 radical (unpaired) electrons. The van der Waals surface area contributed by atoms with E-state index in [-0.39, 0.29) is 25.4 Å². The number of aliphatic hydroxyl groups is 3. The van der Waals surface area contributed by atoms with Crippen LogP contribution in [0.2, 0.25) is 0 Å². The third kappa shape index (κ3) is 3.49. The molecular weight excluding hydrogens is 158 g/mol. The Bertz CT molecular complexity index is 111. The molecule has 0 saturated heterocycles. The molecule has 0 aromatic carbocycles. The van der Waals surface area contributed by atoms with Gasteiger partial charge in [-0.05, 0) is 13.8 Å². The van der Waals surface area contributed by atoms with Crippen molar-refractivity contribution in [3.8, 4) is 0 Å². The maximum absolute atomic E-state index is 9.01. The van der Waals surface area contributed by atoms with Gasteiger partial charge in [-0.1, -0.05) is 0 Å². The Labute approximate surface area is 73.4 Å². The minimum Gasteiger partial charge on any atom is -0.395 e. The Balaban J connectivity index is 4.07. The number of hydrogen-bond donors (Lipinski definition) is 3. The average molecular weight is 177 g/mol. The molecular formula is C8H19NO3. The fourth-order valence-electron chi connectivity index (χ4n) is 1.06. The molecule has 4 nitrogen and oxygen atoms in total. The Hall–Kier alpha value is -0.160. The first-order valence-corrected chi connectivity index (χ1v) is 4.16. The van der Waals surface area contributed by atoms with Gasteiger partial charge in [0, 0.05) is 18.6 Å². The summed E-state index contributed by atoms with van der Waals surface area (Å²) in [6.45, 7) is 4.82. The summed E-state index contributed by atoms with van der Waals surface area (Å²) >= 11 is 0. The van der Waals surface area contributed by atoms with Gasteiger partial charge in [0.1, 0.15) is 0 Å². The van der Waals surface area contributed by atoms with Gasteiger partial charge in [0.2, 0.25) is 0 Å². The second-order valence-electron chi connectivity index (χ2n) is 3.40. The molecule has 0 saturated carbocycles. The van der Waals surface area contributed by atoms with Gasteiger partial charge in [-0.15, -0.1) is 0 Å². The smallest absolute Gasteiger partial charge is 0.0610 e. The molecule has 4 heteroatoms. The standard InChI is InChI=1S/C8H19NO3/c1-8(2,7-12)9(3-5-10)4-6-11/h10-12H,3-7H2,1-2H3. The monoisotopic (exact) mass is 177 g/mol. The summed E-state index contributed by atoms with van der Waals surface area (Å²) in [6, 6.07) is 0. The van der Waals surface area contributed by atoms with Crippen molar-refractivity contribution in [2.75, 3.05) is 32.9 Å². The third-order valence-electron chi connectivity index (χ3n) is 1.98. The van der Waals surface area contributed by atoms with E-state index in [2.05, 4.69) is 0 Å². The SMILES string of the molecule is CC(C)(CO)N(CCO)CCO. The largest absolute Gasteiger partial charge is 0.395 e. The van der Waals surface area contributed by atoms with Gasteiger partial charge in [0.05, 0.1) is 19.8 Å². The maximum Gasteiger partial charge on any atom is 0.0610 e. The first kappa shape index (κ1) is 11.8. The van der Waals surface area contributed by atoms with Gasteiger partial charge in [-0.3, -0.25) is 4.90 Å². The van der Waals surface area contributed by atoms with Crippen LogP contribution in [0, 0.1) is 0 Å². The van der Waals surface area contributed by atoms with E-state index in [0.717, 1.165) is 0 Å². The van der Waals surface area contributed by atoms with Gasteiger partial charge in [0.25, 0.3) is 0 Å². The molecule has 0 aromatic heterocycles. The molecule has 0 aromatic rings. The number of β-amino-alcohol motifs (C(OH)–C–C–N with tert-alkyl or cyclic N) is 2. The quantitative estimate of drug-likeness (QED) is 0.489. The zero-order chi connectivity index (χ0) is 9.61. The summed E-state index contributed by atoms with van der Waals surface area (Å²) in [5.41, 5.74) is -0.370. The molecule has 12 heavy (non-hydrogen) atoms. The number of aliphatic hydroxyl groups excluding tert-OH is 3. The van der Waals surface area contributed by atoms with Crippen molar-refractivity contribution in [1.29, 1.82) is 0 Å². The molecule has 0 rings (SSSR count). The van der Waals surface area contributed by atoms with E-state index in [1.54, 1.807) is 0 Å². The Kier molecular flexibility index (Phi) is 5.41. The van der Waals surface area contributed by atoms with Crippen LogP contribution in [0.1, 0.15) is 13.8 Å². The first-order chi connectivity index (χ1) is 5.58. The summed E-state index contributed by atoms with van der Waals surface area (Å²) < 4.78 is 0. The van der Waals surface area contributed by atoms with Gasteiger partial charge < -0.3 is 15.3 Å². The lowest BCUT2D eigenvalue weighted by atomic mass is 10.0. The molecule has 0 aliphatic heterocycles. The van der Waals surface area contributed by atoms with Gasteiger partial charge in [-0.25, -0.2) is 0 Å². The van der Waals surface area contributed by atoms with Crippen LogP contribution in [0.3, 0.4) is 0 Å². The Morgan fingerprint density at radius 2 is 1.42 bits per heavy atom. The maximum atomic E-state index is 9.01. The average Bonchev–Trinajstić information content (AvgIpc) is 2.04. The summed E-state index contributed by atoms with van der Waals surface area (Å²) in [7, 11) is 0. The molecule has 0 heterocycles. The molecule has 3 N–H and O–H groups in total. The van der Waals surface area contributed by atoms with Crippen molar-refractivity contribution in [3.63, 3.8) is 0 Å².